The zero-order chi connectivity index (χ0) is 20.4. The number of nitrogens with zero attached hydrogens (tertiary/aromatic N) is 2. The van der Waals surface area contributed by atoms with Crippen molar-refractivity contribution in [3.63, 3.8) is 0 Å². The highest BCUT2D eigenvalue weighted by molar-refractivity contribution is 6.22. The van der Waals surface area contributed by atoms with Gasteiger partial charge in [-0.3, -0.25) is 19.7 Å². The number of amides is 2. The summed E-state index contributed by atoms with van der Waals surface area (Å²) in [7, 11) is 0. The van der Waals surface area contributed by atoms with Crippen LogP contribution in [0, 0.1) is 10.1 Å². The molecule has 2 aliphatic rings. The van der Waals surface area contributed by atoms with Crippen molar-refractivity contribution in [2.75, 3.05) is 0 Å². The number of hydrogen-bond donors (Lipinski definition) is 0. The smallest absolute Gasteiger partial charge is 0.273 e. The lowest BCUT2D eigenvalue weighted by Crippen LogP contribution is -2.29. The van der Waals surface area contributed by atoms with Gasteiger partial charge in [0.15, 0.2) is 0 Å². The molecule has 0 radical (unpaired) electrons. The molecule has 2 aromatic carbocycles. The molecule has 2 aromatic rings. The average molecular weight is 388 g/mol. The standard InChI is InChI=1S/C22H16N2O5/c25-21-19-10-3-4-11-20(19)22(26)23(21)15-6-1-2-8-17(13-12-15)29-18-9-5-7-16(14-18)24(27)28/h1-12,14,17H,13H2/t17-/m1/s1. The summed E-state index contributed by atoms with van der Waals surface area (Å²) in [6.45, 7) is 0. The van der Waals surface area contributed by atoms with Gasteiger partial charge in [-0.15, -0.1) is 0 Å². The minimum absolute atomic E-state index is 0.0560. The molecule has 0 aromatic heterocycles. The van der Waals surface area contributed by atoms with Crippen molar-refractivity contribution in [1.82, 2.24) is 4.90 Å². The maximum atomic E-state index is 12.7. The molecule has 7 heteroatoms. The van der Waals surface area contributed by atoms with Crippen molar-refractivity contribution in [2.45, 2.75) is 12.5 Å². The zero-order valence-electron chi connectivity index (χ0n) is 15.2. The number of nitro groups is 1. The molecule has 0 fully saturated rings. The average Bonchev–Trinajstić information content (AvgIpc) is 2.96. The number of fused-ring (bicyclic) bond motifs is 1. The van der Waals surface area contributed by atoms with Crippen LogP contribution in [0.25, 0.3) is 0 Å². The Hall–Kier alpha value is -4.00. The molecule has 0 bridgehead atoms. The molecule has 1 atom stereocenters. The molecule has 1 aliphatic carbocycles. The largest absolute Gasteiger partial charge is 0.486 e. The second-order valence-electron chi connectivity index (χ2n) is 6.51. The van der Waals surface area contributed by atoms with Gasteiger partial charge in [-0.1, -0.05) is 36.4 Å². The number of rotatable bonds is 4. The Morgan fingerprint density at radius 3 is 2.41 bits per heavy atom. The number of carbonyl (C=O) groups is 2. The lowest BCUT2D eigenvalue weighted by molar-refractivity contribution is -0.384. The van der Waals surface area contributed by atoms with Crippen LogP contribution in [0.5, 0.6) is 5.75 Å². The first-order valence-electron chi connectivity index (χ1n) is 8.98. The second kappa shape index (κ2) is 7.55. The topological polar surface area (TPSA) is 89.8 Å². The number of benzene rings is 2. The molecule has 2 amide bonds. The summed E-state index contributed by atoms with van der Waals surface area (Å²) in [6.07, 6.45) is 8.71. The van der Waals surface area contributed by atoms with Crippen LogP contribution in [-0.2, 0) is 0 Å². The van der Waals surface area contributed by atoms with Gasteiger partial charge in [-0.25, -0.2) is 4.90 Å². The highest BCUT2D eigenvalue weighted by Gasteiger charge is 2.36. The normalized spacial score (nSPS) is 18.1. The highest BCUT2D eigenvalue weighted by atomic mass is 16.6. The first-order chi connectivity index (χ1) is 14.0. The molecule has 0 saturated heterocycles. The fourth-order valence-electron chi connectivity index (χ4n) is 3.25. The van der Waals surface area contributed by atoms with Crippen molar-refractivity contribution in [2.24, 2.45) is 0 Å². The number of nitro benzene ring substituents is 1. The Labute approximate surface area is 166 Å². The Balaban J connectivity index is 1.56. The maximum absolute atomic E-state index is 12.7. The summed E-state index contributed by atoms with van der Waals surface area (Å²) in [5.74, 6) is -0.349. The first kappa shape index (κ1) is 18.4. The number of ether oxygens (including phenoxy) is 1. The van der Waals surface area contributed by atoms with Crippen molar-refractivity contribution in [1.29, 1.82) is 0 Å². The third-order valence-corrected chi connectivity index (χ3v) is 4.63. The van der Waals surface area contributed by atoms with Gasteiger partial charge in [0.05, 0.1) is 22.1 Å². The van der Waals surface area contributed by atoms with Crippen LogP contribution in [-0.4, -0.2) is 27.7 Å². The molecule has 144 valence electrons. The predicted molar refractivity (Wildman–Crippen MR) is 105 cm³/mol. The van der Waals surface area contributed by atoms with E-state index in [9.17, 15) is 19.7 Å². The molecule has 0 unspecified atom stereocenters. The van der Waals surface area contributed by atoms with E-state index in [1.165, 1.54) is 12.1 Å². The monoisotopic (exact) mass is 388 g/mol. The summed E-state index contributed by atoms with van der Waals surface area (Å²) in [5.41, 5.74) is 1.18. The van der Waals surface area contributed by atoms with Gasteiger partial charge in [0.25, 0.3) is 17.5 Å². The zero-order valence-corrected chi connectivity index (χ0v) is 15.2. The molecule has 0 spiro atoms. The summed E-state index contributed by atoms with van der Waals surface area (Å²) in [5, 5.41) is 10.9. The minimum atomic E-state index is -0.482. The molecular weight excluding hydrogens is 372 g/mol. The van der Waals surface area contributed by atoms with Gasteiger partial charge in [0.1, 0.15) is 11.9 Å². The Morgan fingerprint density at radius 1 is 1.00 bits per heavy atom. The quantitative estimate of drug-likeness (QED) is 0.448. The maximum Gasteiger partial charge on any atom is 0.273 e. The van der Waals surface area contributed by atoms with Crippen LogP contribution in [0.3, 0.4) is 0 Å². The fraction of sp³-hybridized carbons (Fsp3) is 0.0909. The van der Waals surface area contributed by atoms with E-state index in [-0.39, 0.29) is 17.5 Å². The lowest BCUT2D eigenvalue weighted by atomic mass is 10.1. The first-order valence-corrected chi connectivity index (χ1v) is 8.98. The molecule has 4 rings (SSSR count). The molecule has 1 aliphatic heterocycles. The summed E-state index contributed by atoms with van der Waals surface area (Å²) in [6, 6.07) is 12.7. The summed E-state index contributed by atoms with van der Waals surface area (Å²) >= 11 is 0. The van der Waals surface area contributed by atoms with E-state index in [2.05, 4.69) is 0 Å². The Morgan fingerprint density at radius 2 is 1.72 bits per heavy atom. The van der Waals surface area contributed by atoms with Crippen LogP contribution >= 0.6 is 0 Å². The third kappa shape index (κ3) is 3.58. The van der Waals surface area contributed by atoms with Gasteiger partial charge in [-0.05, 0) is 30.4 Å². The number of hydrogen-bond acceptors (Lipinski definition) is 5. The van der Waals surface area contributed by atoms with Crippen LogP contribution in [0.2, 0.25) is 0 Å². The van der Waals surface area contributed by atoms with Crippen molar-refractivity contribution in [3.8, 4) is 5.75 Å². The van der Waals surface area contributed by atoms with Gasteiger partial charge in [0, 0.05) is 18.2 Å². The van der Waals surface area contributed by atoms with Crippen molar-refractivity contribution >= 4 is 17.5 Å². The number of allylic oxidation sites excluding steroid dienone is 3. The molecular formula is C22H16N2O5. The van der Waals surface area contributed by atoms with E-state index >= 15 is 0 Å². The van der Waals surface area contributed by atoms with Crippen molar-refractivity contribution < 1.29 is 19.2 Å². The second-order valence-corrected chi connectivity index (χ2v) is 6.51. The van der Waals surface area contributed by atoms with E-state index in [4.69, 9.17) is 4.74 Å². The van der Waals surface area contributed by atoms with E-state index < -0.39 is 11.0 Å². The molecule has 0 saturated carbocycles. The molecule has 29 heavy (non-hydrogen) atoms. The van der Waals surface area contributed by atoms with E-state index in [1.807, 2.05) is 6.08 Å². The molecule has 1 heterocycles. The Bertz CT molecular complexity index is 1060. The van der Waals surface area contributed by atoms with Crippen LogP contribution in [0.1, 0.15) is 27.1 Å². The lowest BCUT2D eigenvalue weighted by Gasteiger charge is -2.19. The third-order valence-electron chi connectivity index (χ3n) is 4.63. The number of non-ortho nitro benzene ring substituents is 1. The highest BCUT2D eigenvalue weighted by Crippen LogP contribution is 2.28. The summed E-state index contributed by atoms with van der Waals surface area (Å²) < 4.78 is 5.85. The van der Waals surface area contributed by atoms with E-state index in [1.54, 1.807) is 60.7 Å². The summed E-state index contributed by atoms with van der Waals surface area (Å²) in [4.78, 5) is 37.0. The van der Waals surface area contributed by atoms with Crippen LogP contribution in [0.4, 0.5) is 5.69 Å². The molecule has 7 nitrogen and oxygen atoms in total. The Kier molecular flexibility index (Phi) is 4.78. The molecule has 0 N–H and O–H groups in total. The number of carbonyl (C=O) groups excluding carboxylic acids is 2. The van der Waals surface area contributed by atoms with E-state index in [0.717, 1.165) is 4.90 Å². The van der Waals surface area contributed by atoms with Gasteiger partial charge >= 0.3 is 0 Å². The van der Waals surface area contributed by atoms with E-state index in [0.29, 0.717) is 29.0 Å². The minimum Gasteiger partial charge on any atom is -0.486 e. The van der Waals surface area contributed by atoms with Crippen LogP contribution < -0.4 is 4.74 Å². The number of imide groups is 1. The van der Waals surface area contributed by atoms with Gasteiger partial charge < -0.3 is 4.74 Å². The van der Waals surface area contributed by atoms with Crippen molar-refractivity contribution in [3.05, 3.63) is 106 Å². The van der Waals surface area contributed by atoms with Gasteiger partial charge in [-0.2, -0.15) is 0 Å². The fourth-order valence-corrected chi connectivity index (χ4v) is 3.25. The van der Waals surface area contributed by atoms with Crippen LogP contribution in [0.15, 0.2) is 84.6 Å². The predicted octanol–water partition coefficient (Wildman–Crippen LogP) is 4.04. The van der Waals surface area contributed by atoms with Gasteiger partial charge in [0.2, 0.25) is 0 Å². The SMILES string of the molecule is O=C1c2ccccc2C(=O)N1C1=CC[C@H](Oc2cccc([N+](=O)[O-])c2)C=CC=C1.